The molecule has 0 aromatic heterocycles. The molecule has 15 nitrogen and oxygen atoms in total. The fourth-order valence-corrected chi connectivity index (χ4v) is 4.49. The van der Waals surface area contributed by atoms with Crippen LogP contribution >= 0.6 is 0 Å². The molecule has 3 rings (SSSR count). The third-order valence-corrected chi connectivity index (χ3v) is 6.98. The first-order chi connectivity index (χ1) is 17.3. The van der Waals surface area contributed by atoms with E-state index in [9.17, 15) is 46.0 Å². The van der Waals surface area contributed by atoms with Gasteiger partial charge in [0.2, 0.25) is 0 Å². The van der Waals surface area contributed by atoms with Gasteiger partial charge in [0.05, 0.1) is 31.0 Å². The second kappa shape index (κ2) is 12.7. The van der Waals surface area contributed by atoms with E-state index in [2.05, 4.69) is 0 Å². The molecule has 0 unspecified atom stereocenters. The molecular weight excluding hydrogens is 504 g/mol. The van der Waals surface area contributed by atoms with Crippen LogP contribution in [0.25, 0.3) is 0 Å². The highest BCUT2D eigenvalue weighted by molar-refractivity contribution is 4.95. The van der Waals surface area contributed by atoms with Crippen molar-refractivity contribution in [3.05, 3.63) is 0 Å². The summed E-state index contributed by atoms with van der Waals surface area (Å²) >= 11 is 0. The van der Waals surface area contributed by atoms with Gasteiger partial charge in [0.25, 0.3) is 0 Å². The monoisotopic (exact) mass is 544 g/mol. The van der Waals surface area contributed by atoms with Crippen LogP contribution in [0.3, 0.4) is 0 Å². The number of aliphatic hydroxyl groups is 9. The molecule has 0 spiro atoms. The Kier molecular flexibility index (Phi) is 10.6. The number of hydrogen-bond donors (Lipinski definition) is 9. The zero-order chi connectivity index (χ0) is 27.8. The predicted molar refractivity (Wildman–Crippen MR) is 118 cm³/mol. The van der Waals surface area contributed by atoms with Gasteiger partial charge in [-0.2, -0.15) is 0 Å². The molecule has 0 radical (unpaired) electrons. The number of rotatable bonds is 8. The van der Waals surface area contributed by atoms with Crippen LogP contribution in [0.15, 0.2) is 0 Å². The molecule has 15 heteroatoms. The molecule has 3 fully saturated rings. The van der Waals surface area contributed by atoms with E-state index in [-0.39, 0.29) is 0 Å². The normalized spacial score (nSPS) is 51.0. The summed E-state index contributed by atoms with van der Waals surface area (Å²) in [5.41, 5.74) is 0. The Labute approximate surface area is 213 Å². The molecule has 218 valence electrons. The fraction of sp³-hybridized carbons (Fsp3) is 1.00. The molecule has 3 aliphatic heterocycles. The van der Waals surface area contributed by atoms with Crippen LogP contribution in [0.4, 0.5) is 0 Å². The van der Waals surface area contributed by atoms with Crippen LogP contribution in [0.1, 0.15) is 27.7 Å². The topological polar surface area (TPSA) is 237 Å². The van der Waals surface area contributed by atoms with Crippen molar-refractivity contribution in [1.82, 2.24) is 0 Å². The van der Waals surface area contributed by atoms with Crippen LogP contribution in [0.5, 0.6) is 0 Å². The minimum atomic E-state index is -1.69. The van der Waals surface area contributed by atoms with Crippen LogP contribution in [0, 0.1) is 0 Å². The Bertz CT molecular complexity index is 714. The van der Waals surface area contributed by atoms with Crippen molar-refractivity contribution in [3.63, 3.8) is 0 Å². The molecule has 17 atom stereocenters. The quantitative estimate of drug-likeness (QED) is 0.139. The summed E-state index contributed by atoms with van der Waals surface area (Å²) in [4.78, 5) is 0. The van der Waals surface area contributed by atoms with E-state index in [4.69, 9.17) is 28.4 Å². The molecule has 0 aromatic carbocycles. The third-order valence-electron chi connectivity index (χ3n) is 6.98. The first kappa shape index (κ1) is 30.9. The van der Waals surface area contributed by atoms with Gasteiger partial charge in [-0.05, 0) is 27.7 Å². The summed E-state index contributed by atoms with van der Waals surface area (Å²) in [7, 11) is 0. The molecular formula is C22H40O15. The van der Waals surface area contributed by atoms with Crippen molar-refractivity contribution in [2.24, 2.45) is 0 Å². The van der Waals surface area contributed by atoms with Gasteiger partial charge < -0.3 is 74.4 Å². The van der Waals surface area contributed by atoms with E-state index < -0.39 is 111 Å². The van der Waals surface area contributed by atoms with Crippen molar-refractivity contribution in [3.8, 4) is 0 Å². The van der Waals surface area contributed by atoms with E-state index >= 15 is 0 Å². The molecule has 0 aromatic rings. The van der Waals surface area contributed by atoms with Gasteiger partial charge >= 0.3 is 0 Å². The summed E-state index contributed by atoms with van der Waals surface area (Å²) in [6.07, 6.45) is -23.2. The van der Waals surface area contributed by atoms with Gasteiger partial charge in [-0.3, -0.25) is 0 Å². The molecule has 3 aliphatic rings. The van der Waals surface area contributed by atoms with E-state index in [1.165, 1.54) is 27.7 Å². The van der Waals surface area contributed by atoms with Gasteiger partial charge in [0, 0.05) is 0 Å². The summed E-state index contributed by atoms with van der Waals surface area (Å²) in [5.74, 6) is 0. The van der Waals surface area contributed by atoms with Gasteiger partial charge in [-0.25, -0.2) is 0 Å². The van der Waals surface area contributed by atoms with Crippen molar-refractivity contribution in [1.29, 1.82) is 0 Å². The fourth-order valence-electron chi connectivity index (χ4n) is 4.49. The Morgan fingerprint density at radius 2 is 1.08 bits per heavy atom. The minimum absolute atomic E-state index is 0.563. The smallest absolute Gasteiger partial charge is 0.187 e. The molecule has 3 heterocycles. The van der Waals surface area contributed by atoms with E-state index in [0.29, 0.717) is 0 Å². The predicted octanol–water partition coefficient (Wildman–Crippen LogP) is -4.72. The lowest BCUT2D eigenvalue weighted by Gasteiger charge is -2.48. The number of aliphatic hydroxyl groups excluding tert-OH is 9. The van der Waals surface area contributed by atoms with E-state index in [0.717, 1.165) is 0 Å². The molecule has 0 aliphatic carbocycles. The minimum Gasteiger partial charge on any atom is -0.394 e. The molecule has 0 saturated carbocycles. The van der Waals surface area contributed by atoms with Crippen molar-refractivity contribution in [2.45, 2.75) is 132 Å². The largest absolute Gasteiger partial charge is 0.394 e. The average Bonchev–Trinajstić information content (AvgIpc) is 2.85. The van der Waals surface area contributed by atoms with Crippen molar-refractivity contribution in [2.75, 3.05) is 6.61 Å². The Hall–Kier alpha value is -0.600. The van der Waals surface area contributed by atoms with Crippen LogP contribution in [0.2, 0.25) is 0 Å². The van der Waals surface area contributed by atoms with Gasteiger partial charge in [0.1, 0.15) is 61.0 Å². The van der Waals surface area contributed by atoms with Crippen molar-refractivity contribution < 1.29 is 74.4 Å². The van der Waals surface area contributed by atoms with Gasteiger partial charge in [-0.1, -0.05) is 0 Å². The Morgan fingerprint density at radius 3 is 1.65 bits per heavy atom. The van der Waals surface area contributed by atoms with E-state index in [1.54, 1.807) is 0 Å². The first-order valence-electron chi connectivity index (χ1n) is 12.3. The van der Waals surface area contributed by atoms with Gasteiger partial charge in [-0.15, -0.1) is 0 Å². The third kappa shape index (κ3) is 6.59. The lowest BCUT2D eigenvalue weighted by molar-refractivity contribution is -0.376. The average molecular weight is 545 g/mol. The van der Waals surface area contributed by atoms with Gasteiger partial charge in [0.15, 0.2) is 18.9 Å². The zero-order valence-electron chi connectivity index (χ0n) is 21.0. The maximum Gasteiger partial charge on any atom is 0.187 e. The number of ether oxygens (including phenoxy) is 6. The second-order valence-electron chi connectivity index (χ2n) is 9.86. The van der Waals surface area contributed by atoms with Crippen molar-refractivity contribution >= 4 is 0 Å². The molecule has 0 bridgehead atoms. The zero-order valence-corrected chi connectivity index (χ0v) is 21.0. The summed E-state index contributed by atoms with van der Waals surface area (Å²) in [5, 5.41) is 91.9. The van der Waals surface area contributed by atoms with Crippen LogP contribution < -0.4 is 0 Å². The summed E-state index contributed by atoms with van der Waals surface area (Å²) in [6, 6.07) is 0. The standard InChI is InChI=1S/C22H40O15/c1-6(24)10(5-23)35-20-16(30)14(28)18(9(4)34-20)36-22-17(31)19(12(26)8(3)33-22)37-21-15(29)13(27)11(25)7(2)32-21/h6-31H,5H2,1-4H3/t6-,7-,8-,9-,10+,11-,12-,13+,14-,15+,16+,17+,18-,19+,20+,21-,22+/m0/s1. The SMILES string of the molecule is C[C@H](O)[C@@H](CO)O[C@H]1O[C@@H](C)[C@H](O[C@H]2O[C@@H](C)[C@H](O)[C@@H](O[C@@H]3O[C@@H](C)[C@H](O)[C@@H](O)[C@H]3O)[C@H]2O)[C@@H](O)[C@H]1O. The van der Waals surface area contributed by atoms with Crippen LogP contribution in [-0.4, -0.2) is 157 Å². The highest BCUT2D eigenvalue weighted by Gasteiger charge is 2.52. The molecule has 37 heavy (non-hydrogen) atoms. The number of hydrogen-bond acceptors (Lipinski definition) is 15. The summed E-state index contributed by atoms with van der Waals surface area (Å²) < 4.78 is 33.3. The second-order valence-corrected chi connectivity index (χ2v) is 9.86. The Balaban J connectivity index is 1.69. The summed E-state index contributed by atoms with van der Waals surface area (Å²) in [6.45, 7) is 5.21. The molecule has 9 N–H and O–H groups in total. The lowest BCUT2D eigenvalue weighted by atomic mass is 9.96. The Morgan fingerprint density at radius 1 is 0.595 bits per heavy atom. The lowest BCUT2D eigenvalue weighted by Crippen LogP contribution is -2.65. The maximum atomic E-state index is 10.9. The highest BCUT2D eigenvalue weighted by atomic mass is 16.8. The maximum absolute atomic E-state index is 10.9. The molecule has 0 amide bonds. The van der Waals surface area contributed by atoms with Crippen LogP contribution in [-0.2, 0) is 28.4 Å². The van der Waals surface area contributed by atoms with E-state index in [1.807, 2.05) is 0 Å². The first-order valence-corrected chi connectivity index (χ1v) is 12.3. The highest BCUT2D eigenvalue weighted by Crippen LogP contribution is 2.32. The molecule has 3 saturated heterocycles.